The van der Waals surface area contributed by atoms with Crippen LogP contribution in [-0.4, -0.2) is 83.2 Å². The summed E-state index contributed by atoms with van der Waals surface area (Å²) in [6, 6.07) is 15.8. The van der Waals surface area contributed by atoms with Crippen LogP contribution in [0.1, 0.15) is 44.7 Å². The third-order valence-corrected chi connectivity index (χ3v) is 8.09. The summed E-state index contributed by atoms with van der Waals surface area (Å²) < 4.78 is 23.2. The monoisotopic (exact) mass is 603 g/mol. The average Bonchev–Trinajstić information content (AvgIpc) is 3.01. The topological polar surface area (TPSA) is 83.9 Å². The SMILES string of the molecule is C=C1C(=C)N(CCN2CCC(N(Cc3ccc4c(c3)OCCO4)C(=O)OC(C)(C)C)CC2)C(O)C=C1OCc1ccccc1. The number of carbonyl (C=O) groups is 1. The number of benzene rings is 2. The third kappa shape index (κ3) is 7.95. The molecule has 0 spiro atoms. The second kappa shape index (κ2) is 13.8. The van der Waals surface area contributed by atoms with E-state index in [1.165, 1.54) is 0 Å². The molecule has 1 unspecified atom stereocenters. The average molecular weight is 604 g/mol. The van der Waals surface area contributed by atoms with Gasteiger partial charge in [-0.25, -0.2) is 4.79 Å². The lowest BCUT2D eigenvalue weighted by Gasteiger charge is -2.41. The van der Waals surface area contributed by atoms with E-state index in [0.717, 1.165) is 49.4 Å². The molecule has 0 aliphatic carbocycles. The van der Waals surface area contributed by atoms with Crippen LogP contribution in [0.4, 0.5) is 4.79 Å². The zero-order valence-electron chi connectivity index (χ0n) is 26.2. The van der Waals surface area contributed by atoms with E-state index >= 15 is 0 Å². The first-order valence-electron chi connectivity index (χ1n) is 15.4. The number of hydrogen-bond acceptors (Lipinski definition) is 8. The summed E-state index contributed by atoms with van der Waals surface area (Å²) in [4.78, 5) is 19.5. The Labute approximate surface area is 260 Å². The van der Waals surface area contributed by atoms with Gasteiger partial charge in [0.25, 0.3) is 0 Å². The van der Waals surface area contributed by atoms with Crippen LogP contribution in [0.25, 0.3) is 0 Å². The standard InChI is InChI=1S/C35H45N3O6/c1-25-26(2)37(33(39)22-31(25)43-24-27-9-7-6-8-10-27)18-17-36-15-13-29(14-16-36)38(34(40)44-35(3,4)5)23-28-11-12-30-32(21-28)42-20-19-41-30/h6-12,21-22,29,33,39H,1-2,13-20,23-24H2,3-5H3. The summed E-state index contributed by atoms with van der Waals surface area (Å²) in [5.74, 6) is 2.00. The van der Waals surface area contributed by atoms with Crippen molar-refractivity contribution in [1.29, 1.82) is 0 Å². The van der Waals surface area contributed by atoms with Gasteiger partial charge in [-0.1, -0.05) is 49.6 Å². The van der Waals surface area contributed by atoms with Crippen molar-refractivity contribution in [3.63, 3.8) is 0 Å². The van der Waals surface area contributed by atoms with E-state index in [9.17, 15) is 9.90 Å². The lowest BCUT2D eigenvalue weighted by atomic mass is 10.0. The van der Waals surface area contributed by atoms with Crippen LogP contribution in [0.3, 0.4) is 0 Å². The highest BCUT2D eigenvalue weighted by atomic mass is 16.6. The molecule has 1 amide bonds. The minimum atomic E-state index is -0.843. The number of aliphatic hydroxyl groups is 1. The number of aliphatic hydroxyl groups excluding tert-OH is 1. The smallest absolute Gasteiger partial charge is 0.410 e. The molecule has 236 valence electrons. The molecule has 1 fully saturated rings. The van der Waals surface area contributed by atoms with Crippen molar-refractivity contribution in [1.82, 2.24) is 14.7 Å². The molecule has 1 atom stereocenters. The summed E-state index contributed by atoms with van der Waals surface area (Å²) in [6.07, 6.45) is 2.18. The third-order valence-electron chi connectivity index (χ3n) is 8.09. The number of ether oxygens (including phenoxy) is 4. The molecule has 44 heavy (non-hydrogen) atoms. The molecule has 2 aromatic rings. The van der Waals surface area contributed by atoms with Gasteiger partial charge in [0.05, 0.1) is 0 Å². The lowest BCUT2D eigenvalue weighted by Crippen LogP contribution is -2.50. The fraction of sp³-hybridized carbons (Fsp3) is 0.457. The van der Waals surface area contributed by atoms with Crippen molar-refractivity contribution in [3.8, 4) is 11.5 Å². The molecule has 3 aliphatic rings. The predicted molar refractivity (Wildman–Crippen MR) is 169 cm³/mol. The van der Waals surface area contributed by atoms with E-state index in [1.54, 1.807) is 6.08 Å². The number of carbonyl (C=O) groups excluding carboxylic acids is 1. The molecule has 5 rings (SSSR count). The Hall–Kier alpha value is -3.95. The summed E-state index contributed by atoms with van der Waals surface area (Å²) in [6.45, 7) is 18.9. The molecule has 3 heterocycles. The Bertz CT molecular complexity index is 1360. The maximum Gasteiger partial charge on any atom is 0.410 e. The van der Waals surface area contributed by atoms with Gasteiger partial charge < -0.3 is 38.8 Å². The number of nitrogens with zero attached hydrogens (tertiary/aromatic N) is 3. The van der Waals surface area contributed by atoms with Crippen LogP contribution < -0.4 is 9.47 Å². The maximum absolute atomic E-state index is 13.4. The molecule has 0 aromatic heterocycles. The molecular formula is C35H45N3O6. The van der Waals surface area contributed by atoms with E-state index < -0.39 is 11.8 Å². The normalized spacial score (nSPS) is 19.4. The van der Waals surface area contributed by atoms with E-state index in [4.69, 9.17) is 18.9 Å². The van der Waals surface area contributed by atoms with Crippen molar-refractivity contribution in [2.45, 2.75) is 64.6 Å². The highest BCUT2D eigenvalue weighted by molar-refractivity contribution is 5.68. The first-order valence-corrected chi connectivity index (χ1v) is 15.4. The van der Waals surface area contributed by atoms with Gasteiger partial charge in [-0.15, -0.1) is 0 Å². The van der Waals surface area contributed by atoms with Crippen molar-refractivity contribution in [3.05, 3.63) is 95.9 Å². The predicted octanol–water partition coefficient (Wildman–Crippen LogP) is 5.46. The van der Waals surface area contributed by atoms with Crippen LogP contribution in [0.15, 0.2) is 84.8 Å². The first-order chi connectivity index (χ1) is 21.1. The van der Waals surface area contributed by atoms with Gasteiger partial charge in [0.15, 0.2) is 11.5 Å². The van der Waals surface area contributed by atoms with Crippen molar-refractivity contribution >= 4 is 6.09 Å². The van der Waals surface area contributed by atoms with Crippen molar-refractivity contribution < 1.29 is 28.8 Å². The second-order valence-electron chi connectivity index (χ2n) is 12.5. The second-order valence-corrected chi connectivity index (χ2v) is 12.5. The van der Waals surface area contributed by atoms with Crippen LogP contribution in [0.5, 0.6) is 11.5 Å². The van der Waals surface area contributed by atoms with E-state index in [-0.39, 0.29) is 12.1 Å². The van der Waals surface area contributed by atoms with Crippen molar-refractivity contribution in [2.75, 3.05) is 39.4 Å². The van der Waals surface area contributed by atoms with Gasteiger partial charge in [0, 0.05) is 56.1 Å². The van der Waals surface area contributed by atoms with Gasteiger partial charge in [-0.3, -0.25) is 0 Å². The quantitative estimate of drug-likeness (QED) is 0.405. The number of likely N-dealkylation sites (tertiary alicyclic amines) is 1. The Balaban J connectivity index is 1.16. The lowest BCUT2D eigenvalue weighted by molar-refractivity contribution is 0.00394. The summed E-state index contributed by atoms with van der Waals surface area (Å²) in [5.41, 5.74) is 2.76. The minimum Gasteiger partial charge on any atom is -0.488 e. The number of piperidine rings is 1. The molecular weight excluding hydrogens is 558 g/mol. The number of fused-ring (bicyclic) bond motifs is 1. The number of rotatable bonds is 9. The summed E-state index contributed by atoms with van der Waals surface area (Å²) in [5, 5.41) is 10.9. The Morgan fingerprint density at radius 1 is 1.00 bits per heavy atom. The molecule has 2 aromatic carbocycles. The number of hydrogen-bond donors (Lipinski definition) is 1. The summed E-state index contributed by atoms with van der Waals surface area (Å²) in [7, 11) is 0. The Morgan fingerprint density at radius 3 is 2.41 bits per heavy atom. The van der Waals surface area contributed by atoms with Gasteiger partial charge in [0.1, 0.15) is 37.4 Å². The Morgan fingerprint density at radius 2 is 1.70 bits per heavy atom. The van der Waals surface area contributed by atoms with Gasteiger partial charge in [0.2, 0.25) is 0 Å². The van der Waals surface area contributed by atoms with E-state index in [1.807, 2.05) is 79.1 Å². The number of amides is 1. The molecule has 9 heteroatoms. The highest BCUT2D eigenvalue weighted by Crippen LogP contribution is 2.33. The van der Waals surface area contributed by atoms with E-state index in [2.05, 4.69) is 18.1 Å². The zero-order valence-corrected chi connectivity index (χ0v) is 26.2. The van der Waals surface area contributed by atoms with Crippen LogP contribution in [0, 0.1) is 0 Å². The minimum absolute atomic E-state index is 0.0388. The highest BCUT2D eigenvalue weighted by Gasteiger charge is 2.33. The molecule has 0 bridgehead atoms. The van der Waals surface area contributed by atoms with Crippen LogP contribution >= 0.6 is 0 Å². The molecule has 1 N–H and O–H groups in total. The molecule has 0 radical (unpaired) electrons. The zero-order chi connectivity index (χ0) is 31.3. The van der Waals surface area contributed by atoms with Crippen molar-refractivity contribution in [2.24, 2.45) is 0 Å². The molecule has 9 nitrogen and oxygen atoms in total. The largest absolute Gasteiger partial charge is 0.488 e. The van der Waals surface area contributed by atoms with E-state index in [0.29, 0.717) is 55.7 Å². The summed E-state index contributed by atoms with van der Waals surface area (Å²) >= 11 is 0. The Kier molecular flexibility index (Phi) is 9.86. The molecule has 0 saturated carbocycles. The molecule has 1 saturated heterocycles. The van der Waals surface area contributed by atoms with Gasteiger partial charge in [-0.2, -0.15) is 0 Å². The van der Waals surface area contributed by atoms with Gasteiger partial charge >= 0.3 is 6.09 Å². The van der Waals surface area contributed by atoms with Gasteiger partial charge in [-0.05, 0) is 56.9 Å². The maximum atomic E-state index is 13.4. The van der Waals surface area contributed by atoms with Crippen LogP contribution in [-0.2, 0) is 22.6 Å². The fourth-order valence-corrected chi connectivity index (χ4v) is 5.69. The fourth-order valence-electron chi connectivity index (χ4n) is 5.69. The van der Waals surface area contributed by atoms with Crippen LogP contribution in [0.2, 0.25) is 0 Å². The first kappa shape index (κ1) is 31.5. The molecule has 3 aliphatic heterocycles.